The van der Waals surface area contributed by atoms with Crippen LogP contribution in [-0.2, 0) is 11.2 Å². The van der Waals surface area contributed by atoms with Gasteiger partial charge in [-0.15, -0.1) is 0 Å². The van der Waals surface area contributed by atoms with E-state index in [0.717, 1.165) is 12.1 Å². The number of hydrogen-bond acceptors (Lipinski definition) is 4. The van der Waals surface area contributed by atoms with Gasteiger partial charge in [0.2, 0.25) is 5.91 Å². The number of furan rings is 1. The number of carbonyl (C=O) groups is 2. The molecule has 3 rings (SSSR count). The quantitative estimate of drug-likeness (QED) is 0.863. The minimum atomic E-state index is -0.117. The van der Waals surface area contributed by atoms with E-state index in [0.29, 0.717) is 38.4 Å². The van der Waals surface area contributed by atoms with E-state index < -0.39 is 0 Å². The van der Waals surface area contributed by atoms with E-state index in [9.17, 15) is 9.59 Å². The van der Waals surface area contributed by atoms with Gasteiger partial charge in [-0.05, 0) is 30.7 Å². The van der Waals surface area contributed by atoms with E-state index >= 15 is 0 Å². The zero-order valence-corrected chi connectivity index (χ0v) is 12.9. The average molecular weight is 313 g/mol. The Labute approximate surface area is 134 Å². The molecule has 2 aromatic rings. The summed E-state index contributed by atoms with van der Waals surface area (Å²) in [5.74, 6) is 0.281. The lowest BCUT2D eigenvalue weighted by molar-refractivity contribution is -0.130. The molecular formula is C17H19N3O3. The number of hydrogen-bond donors (Lipinski definition) is 0. The second kappa shape index (κ2) is 7.09. The molecule has 1 aliphatic rings. The first-order valence-corrected chi connectivity index (χ1v) is 7.74. The molecule has 0 saturated carbocycles. The summed E-state index contributed by atoms with van der Waals surface area (Å²) < 4.78 is 5.16. The third-order valence-corrected chi connectivity index (χ3v) is 3.93. The van der Waals surface area contributed by atoms with Crippen molar-refractivity contribution in [3.05, 3.63) is 54.2 Å². The van der Waals surface area contributed by atoms with Crippen LogP contribution in [0.25, 0.3) is 0 Å². The maximum absolute atomic E-state index is 12.4. The first kappa shape index (κ1) is 15.3. The molecule has 120 valence electrons. The van der Waals surface area contributed by atoms with Crippen LogP contribution in [0.15, 0.2) is 47.2 Å². The van der Waals surface area contributed by atoms with Crippen molar-refractivity contribution in [1.29, 1.82) is 0 Å². The Balaban J connectivity index is 1.58. The van der Waals surface area contributed by atoms with E-state index in [1.54, 1.807) is 23.2 Å². The SMILES string of the molecule is O=C(Cc1ccccn1)N1CCCN(C(=O)c2ccco2)CC1. The Morgan fingerprint density at radius 3 is 2.61 bits per heavy atom. The van der Waals surface area contributed by atoms with Crippen molar-refractivity contribution >= 4 is 11.8 Å². The van der Waals surface area contributed by atoms with E-state index in [4.69, 9.17) is 4.42 Å². The van der Waals surface area contributed by atoms with Gasteiger partial charge in [-0.25, -0.2) is 0 Å². The fourth-order valence-electron chi connectivity index (χ4n) is 2.70. The monoisotopic (exact) mass is 313 g/mol. The summed E-state index contributed by atoms with van der Waals surface area (Å²) in [5.41, 5.74) is 0.769. The summed E-state index contributed by atoms with van der Waals surface area (Å²) in [5, 5.41) is 0. The molecule has 0 atom stereocenters. The lowest BCUT2D eigenvalue weighted by Gasteiger charge is -2.21. The topological polar surface area (TPSA) is 66.7 Å². The van der Waals surface area contributed by atoms with E-state index in [2.05, 4.69) is 4.98 Å². The predicted octanol–water partition coefficient (Wildman–Crippen LogP) is 1.59. The fraction of sp³-hybridized carbons (Fsp3) is 0.353. The van der Waals surface area contributed by atoms with Crippen molar-refractivity contribution in [1.82, 2.24) is 14.8 Å². The smallest absolute Gasteiger partial charge is 0.289 e. The van der Waals surface area contributed by atoms with Gasteiger partial charge in [-0.3, -0.25) is 14.6 Å². The van der Waals surface area contributed by atoms with Crippen molar-refractivity contribution in [3.63, 3.8) is 0 Å². The third kappa shape index (κ3) is 3.77. The second-order valence-electron chi connectivity index (χ2n) is 5.50. The molecule has 6 heteroatoms. The summed E-state index contributed by atoms with van der Waals surface area (Å²) in [6.07, 6.45) is 4.25. The summed E-state index contributed by atoms with van der Waals surface area (Å²) >= 11 is 0. The molecule has 0 bridgehead atoms. The molecule has 6 nitrogen and oxygen atoms in total. The summed E-state index contributed by atoms with van der Waals surface area (Å²) in [7, 11) is 0. The molecule has 0 spiro atoms. The van der Waals surface area contributed by atoms with E-state index in [1.807, 2.05) is 23.1 Å². The molecule has 0 aromatic carbocycles. The van der Waals surface area contributed by atoms with Gasteiger partial charge in [0.15, 0.2) is 5.76 Å². The van der Waals surface area contributed by atoms with Crippen molar-refractivity contribution in [3.8, 4) is 0 Å². The zero-order chi connectivity index (χ0) is 16.1. The van der Waals surface area contributed by atoms with Crippen LogP contribution in [0, 0.1) is 0 Å². The zero-order valence-electron chi connectivity index (χ0n) is 12.9. The molecule has 2 amide bonds. The third-order valence-electron chi connectivity index (χ3n) is 3.93. The van der Waals surface area contributed by atoms with Crippen LogP contribution in [-0.4, -0.2) is 52.8 Å². The number of carbonyl (C=O) groups excluding carboxylic acids is 2. The number of nitrogens with zero attached hydrogens (tertiary/aromatic N) is 3. The van der Waals surface area contributed by atoms with Crippen LogP contribution in [0.5, 0.6) is 0 Å². The first-order valence-electron chi connectivity index (χ1n) is 7.74. The highest BCUT2D eigenvalue weighted by Crippen LogP contribution is 2.11. The highest BCUT2D eigenvalue weighted by atomic mass is 16.3. The Hall–Kier alpha value is -2.63. The number of rotatable bonds is 3. The Kier molecular flexibility index (Phi) is 4.71. The van der Waals surface area contributed by atoms with Crippen LogP contribution < -0.4 is 0 Å². The van der Waals surface area contributed by atoms with Gasteiger partial charge in [-0.1, -0.05) is 6.07 Å². The number of aromatic nitrogens is 1. The lowest BCUT2D eigenvalue weighted by atomic mass is 10.2. The minimum Gasteiger partial charge on any atom is -0.459 e. The Bertz CT molecular complexity index is 655. The lowest BCUT2D eigenvalue weighted by Crippen LogP contribution is -2.38. The molecule has 0 aliphatic carbocycles. The van der Waals surface area contributed by atoms with Gasteiger partial charge < -0.3 is 14.2 Å². The van der Waals surface area contributed by atoms with Gasteiger partial charge in [0.05, 0.1) is 12.7 Å². The fourth-order valence-corrected chi connectivity index (χ4v) is 2.70. The van der Waals surface area contributed by atoms with Crippen molar-refractivity contribution in [2.45, 2.75) is 12.8 Å². The molecule has 23 heavy (non-hydrogen) atoms. The van der Waals surface area contributed by atoms with Crippen LogP contribution >= 0.6 is 0 Å². The standard InChI is InChI=1S/C17H19N3O3/c21-16(13-14-5-1-2-7-18-14)19-8-4-9-20(11-10-19)17(22)15-6-3-12-23-15/h1-3,5-7,12H,4,8-11,13H2. The van der Waals surface area contributed by atoms with Gasteiger partial charge in [-0.2, -0.15) is 0 Å². The Morgan fingerprint density at radius 2 is 1.87 bits per heavy atom. The average Bonchev–Trinajstić information content (AvgIpc) is 2.99. The molecule has 3 heterocycles. The molecule has 1 fully saturated rings. The maximum atomic E-state index is 12.4. The number of amides is 2. The van der Waals surface area contributed by atoms with Gasteiger partial charge >= 0.3 is 0 Å². The van der Waals surface area contributed by atoms with Gasteiger partial charge in [0.1, 0.15) is 0 Å². The molecule has 0 N–H and O–H groups in total. The molecule has 1 aliphatic heterocycles. The van der Waals surface area contributed by atoms with Crippen LogP contribution in [0.2, 0.25) is 0 Å². The molecule has 2 aromatic heterocycles. The first-order chi connectivity index (χ1) is 11.2. The Morgan fingerprint density at radius 1 is 1.04 bits per heavy atom. The second-order valence-corrected chi connectivity index (χ2v) is 5.50. The van der Waals surface area contributed by atoms with Crippen LogP contribution in [0.1, 0.15) is 22.7 Å². The molecular weight excluding hydrogens is 294 g/mol. The van der Waals surface area contributed by atoms with Crippen LogP contribution in [0.4, 0.5) is 0 Å². The highest BCUT2D eigenvalue weighted by molar-refractivity contribution is 5.91. The van der Waals surface area contributed by atoms with Crippen molar-refractivity contribution in [2.75, 3.05) is 26.2 Å². The molecule has 0 radical (unpaired) electrons. The van der Waals surface area contributed by atoms with E-state index in [1.165, 1.54) is 6.26 Å². The van der Waals surface area contributed by atoms with Gasteiger partial charge in [0.25, 0.3) is 5.91 Å². The molecule has 1 saturated heterocycles. The van der Waals surface area contributed by atoms with Gasteiger partial charge in [0, 0.05) is 38.1 Å². The largest absolute Gasteiger partial charge is 0.459 e. The van der Waals surface area contributed by atoms with E-state index in [-0.39, 0.29) is 11.8 Å². The predicted molar refractivity (Wildman–Crippen MR) is 83.7 cm³/mol. The summed E-state index contributed by atoms with van der Waals surface area (Å²) in [4.78, 5) is 32.4. The minimum absolute atomic E-state index is 0.0518. The van der Waals surface area contributed by atoms with Crippen LogP contribution in [0.3, 0.4) is 0 Å². The highest BCUT2D eigenvalue weighted by Gasteiger charge is 2.24. The maximum Gasteiger partial charge on any atom is 0.289 e. The number of pyridine rings is 1. The molecule has 0 unspecified atom stereocenters. The van der Waals surface area contributed by atoms with Crippen molar-refractivity contribution in [2.24, 2.45) is 0 Å². The summed E-state index contributed by atoms with van der Waals surface area (Å²) in [6.45, 7) is 2.35. The summed E-state index contributed by atoms with van der Waals surface area (Å²) in [6, 6.07) is 8.92. The van der Waals surface area contributed by atoms with Crippen molar-refractivity contribution < 1.29 is 14.0 Å². The normalized spacial score (nSPS) is 15.3.